The highest BCUT2D eigenvalue weighted by atomic mass is 35.5. The quantitative estimate of drug-likeness (QED) is 0.711. The molecule has 0 bridgehead atoms. The smallest absolute Gasteiger partial charge is 0.251 e. The maximum Gasteiger partial charge on any atom is 0.251 e. The number of rotatable bonds is 7. The summed E-state index contributed by atoms with van der Waals surface area (Å²) in [5, 5.41) is 8.60. The third-order valence-corrected chi connectivity index (χ3v) is 2.95. The van der Waals surface area contributed by atoms with Crippen molar-refractivity contribution in [3.8, 4) is 0 Å². The van der Waals surface area contributed by atoms with Gasteiger partial charge in [-0.3, -0.25) is 9.59 Å². The van der Waals surface area contributed by atoms with Gasteiger partial charge in [0.05, 0.1) is 0 Å². The average molecular weight is 314 g/mol. The van der Waals surface area contributed by atoms with Gasteiger partial charge in [0.1, 0.15) is 0 Å². The van der Waals surface area contributed by atoms with Crippen LogP contribution in [0, 0.1) is 5.92 Å². The van der Waals surface area contributed by atoms with E-state index in [1.807, 2.05) is 33.0 Å². The molecule has 118 valence electrons. The first kappa shape index (κ1) is 19.4. The topological polar surface area (TPSA) is 70.2 Å². The Kier molecular flexibility index (Phi) is 9.41. The SMILES string of the molecule is CCNC(=O)c1cccc(CNC(=O)C(C)CNC)c1.Cl. The van der Waals surface area contributed by atoms with E-state index in [-0.39, 0.29) is 30.1 Å². The molecule has 1 unspecified atom stereocenters. The average Bonchev–Trinajstić information content (AvgIpc) is 2.45. The largest absolute Gasteiger partial charge is 0.352 e. The maximum atomic E-state index is 11.8. The van der Waals surface area contributed by atoms with Gasteiger partial charge in [-0.05, 0) is 31.7 Å². The lowest BCUT2D eigenvalue weighted by atomic mass is 10.1. The van der Waals surface area contributed by atoms with E-state index in [1.54, 1.807) is 12.1 Å². The van der Waals surface area contributed by atoms with Gasteiger partial charge in [-0.15, -0.1) is 12.4 Å². The van der Waals surface area contributed by atoms with Crippen LogP contribution in [0.5, 0.6) is 0 Å². The lowest BCUT2D eigenvalue weighted by molar-refractivity contribution is -0.124. The molecule has 3 N–H and O–H groups in total. The molecule has 5 nitrogen and oxygen atoms in total. The Bertz CT molecular complexity index is 466. The Morgan fingerprint density at radius 2 is 1.95 bits per heavy atom. The minimum absolute atomic E-state index is 0. The molecule has 0 fully saturated rings. The van der Waals surface area contributed by atoms with Crippen LogP contribution >= 0.6 is 12.4 Å². The number of hydrogen-bond donors (Lipinski definition) is 3. The first-order valence-electron chi connectivity index (χ1n) is 6.88. The van der Waals surface area contributed by atoms with E-state index >= 15 is 0 Å². The second-order valence-corrected chi connectivity index (χ2v) is 4.74. The first-order valence-corrected chi connectivity index (χ1v) is 6.88. The van der Waals surface area contributed by atoms with Crippen LogP contribution < -0.4 is 16.0 Å². The molecule has 0 aliphatic rings. The molecule has 0 spiro atoms. The molecule has 0 heterocycles. The number of amides is 2. The molecular weight excluding hydrogens is 290 g/mol. The third-order valence-electron chi connectivity index (χ3n) is 2.95. The lowest BCUT2D eigenvalue weighted by Gasteiger charge is -2.12. The van der Waals surface area contributed by atoms with E-state index < -0.39 is 0 Å². The van der Waals surface area contributed by atoms with Gasteiger partial charge in [0.2, 0.25) is 5.91 Å². The first-order chi connectivity index (χ1) is 9.58. The molecule has 0 aliphatic heterocycles. The van der Waals surface area contributed by atoms with Crippen molar-refractivity contribution in [2.24, 2.45) is 5.92 Å². The summed E-state index contributed by atoms with van der Waals surface area (Å²) in [6.45, 7) is 5.42. The van der Waals surface area contributed by atoms with Gasteiger partial charge in [0.25, 0.3) is 5.91 Å². The molecule has 1 aromatic carbocycles. The standard InChI is InChI=1S/C15H23N3O2.ClH/c1-4-17-15(20)13-7-5-6-12(8-13)10-18-14(19)11(2)9-16-3;/h5-8,11,16H,4,9-10H2,1-3H3,(H,17,20)(H,18,19);1H. The number of carbonyl (C=O) groups excluding carboxylic acids is 2. The molecule has 1 rings (SSSR count). The molecule has 6 heteroatoms. The molecule has 0 saturated carbocycles. The van der Waals surface area contributed by atoms with E-state index in [0.717, 1.165) is 5.56 Å². The van der Waals surface area contributed by atoms with Crippen molar-refractivity contribution in [1.29, 1.82) is 0 Å². The lowest BCUT2D eigenvalue weighted by Crippen LogP contribution is -2.34. The van der Waals surface area contributed by atoms with Gasteiger partial charge < -0.3 is 16.0 Å². The van der Waals surface area contributed by atoms with Gasteiger partial charge in [0, 0.05) is 31.1 Å². The van der Waals surface area contributed by atoms with E-state index in [4.69, 9.17) is 0 Å². The van der Waals surface area contributed by atoms with Crippen LogP contribution in [0.4, 0.5) is 0 Å². The Morgan fingerprint density at radius 1 is 1.24 bits per heavy atom. The number of benzene rings is 1. The van der Waals surface area contributed by atoms with Gasteiger partial charge >= 0.3 is 0 Å². The fourth-order valence-corrected chi connectivity index (χ4v) is 1.85. The number of carbonyl (C=O) groups is 2. The van der Waals surface area contributed by atoms with Crippen molar-refractivity contribution in [3.05, 3.63) is 35.4 Å². The van der Waals surface area contributed by atoms with Crippen LogP contribution in [0.1, 0.15) is 29.8 Å². The van der Waals surface area contributed by atoms with Gasteiger partial charge in [-0.1, -0.05) is 19.1 Å². The third kappa shape index (κ3) is 6.60. The predicted octanol–water partition coefficient (Wildman–Crippen LogP) is 1.33. The van der Waals surface area contributed by atoms with Gasteiger partial charge in [0.15, 0.2) is 0 Å². The minimum atomic E-state index is -0.0933. The number of nitrogens with one attached hydrogen (secondary N) is 3. The Balaban J connectivity index is 0.00000400. The zero-order valence-electron chi connectivity index (χ0n) is 12.7. The predicted molar refractivity (Wildman–Crippen MR) is 86.6 cm³/mol. The van der Waals surface area contributed by atoms with E-state index in [2.05, 4.69) is 16.0 Å². The van der Waals surface area contributed by atoms with Gasteiger partial charge in [-0.25, -0.2) is 0 Å². The maximum absolute atomic E-state index is 11.8. The monoisotopic (exact) mass is 313 g/mol. The highest BCUT2D eigenvalue weighted by molar-refractivity contribution is 5.94. The van der Waals surface area contributed by atoms with E-state index in [0.29, 0.717) is 25.2 Å². The summed E-state index contributed by atoms with van der Waals surface area (Å²) >= 11 is 0. The highest BCUT2D eigenvalue weighted by Crippen LogP contribution is 2.05. The van der Waals surface area contributed by atoms with Crippen molar-refractivity contribution in [2.45, 2.75) is 20.4 Å². The Labute approximate surface area is 132 Å². The summed E-state index contributed by atoms with van der Waals surface area (Å²) in [5.74, 6) is -0.168. The number of halogens is 1. The molecule has 0 aromatic heterocycles. The Morgan fingerprint density at radius 3 is 2.57 bits per heavy atom. The molecule has 0 aliphatic carbocycles. The number of hydrogen-bond acceptors (Lipinski definition) is 3. The van der Waals surface area contributed by atoms with Crippen molar-refractivity contribution in [2.75, 3.05) is 20.1 Å². The molecule has 1 aromatic rings. The van der Waals surface area contributed by atoms with Crippen LogP contribution in [0.2, 0.25) is 0 Å². The van der Waals surface area contributed by atoms with Crippen molar-refractivity contribution in [1.82, 2.24) is 16.0 Å². The Hall–Kier alpha value is -1.59. The van der Waals surface area contributed by atoms with E-state index in [9.17, 15) is 9.59 Å². The van der Waals surface area contributed by atoms with Crippen LogP contribution in [-0.2, 0) is 11.3 Å². The summed E-state index contributed by atoms with van der Waals surface area (Å²) in [7, 11) is 1.82. The summed E-state index contributed by atoms with van der Waals surface area (Å²) in [4.78, 5) is 23.5. The second kappa shape index (κ2) is 10.2. The fourth-order valence-electron chi connectivity index (χ4n) is 1.85. The molecular formula is C15H24ClN3O2. The van der Waals surface area contributed by atoms with Crippen molar-refractivity contribution in [3.63, 3.8) is 0 Å². The molecule has 0 saturated heterocycles. The second-order valence-electron chi connectivity index (χ2n) is 4.74. The summed E-state index contributed by atoms with van der Waals surface area (Å²) in [6.07, 6.45) is 0. The van der Waals surface area contributed by atoms with Gasteiger partial charge in [-0.2, -0.15) is 0 Å². The van der Waals surface area contributed by atoms with E-state index in [1.165, 1.54) is 0 Å². The normalized spacial score (nSPS) is 11.2. The molecule has 0 radical (unpaired) electrons. The minimum Gasteiger partial charge on any atom is -0.352 e. The molecule has 2 amide bonds. The summed E-state index contributed by atoms with van der Waals surface area (Å²) < 4.78 is 0. The fraction of sp³-hybridized carbons (Fsp3) is 0.467. The van der Waals surface area contributed by atoms with Crippen molar-refractivity contribution < 1.29 is 9.59 Å². The van der Waals surface area contributed by atoms with Crippen LogP contribution in [-0.4, -0.2) is 32.0 Å². The van der Waals surface area contributed by atoms with Crippen LogP contribution in [0.15, 0.2) is 24.3 Å². The molecule has 21 heavy (non-hydrogen) atoms. The zero-order valence-corrected chi connectivity index (χ0v) is 13.5. The highest BCUT2D eigenvalue weighted by Gasteiger charge is 2.11. The zero-order chi connectivity index (χ0) is 15.0. The van der Waals surface area contributed by atoms with Crippen LogP contribution in [0.25, 0.3) is 0 Å². The van der Waals surface area contributed by atoms with Crippen LogP contribution in [0.3, 0.4) is 0 Å². The van der Waals surface area contributed by atoms with Crippen molar-refractivity contribution >= 4 is 24.2 Å². The summed E-state index contributed by atoms with van der Waals surface area (Å²) in [6, 6.07) is 7.28. The summed E-state index contributed by atoms with van der Waals surface area (Å²) in [5.41, 5.74) is 1.53. The molecule has 1 atom stereocenters.